The van der Waals surface area contributed by atoms with Crippen LogP contribution in [0.3, 0.4) is 0 Å². The van der Waals surface area contributed by atoms with Crippen LogP contribution in [0.5, 0.6) is 0 Å². The summed E-state index contributed by atoms with van der Waals surface area (Å²) in [5, 5.41) is 0. The standard InChI is InChI=1S/C30H52O2/c1-3-5-6-7-9-13-23-16-19-26(20-17-23)29(25-14-10-8-11-15-25)30(32)27-21-18-24(12-4-2)22-28(27)31/h23-27,29H,3-22H2,1-2H3. The number of hydrogen-bond acceptors (Lipinski definition) is 2. The molecule has 0 aliphatic heterocycles. The first kappa shape index (κ1) is 26.0. The van der Waals surface area contributed by atoms with Crippen molar-refractivity contribution in [3.8, 4) is 0 Å². The maximum atomic E-state index is 13.9. The minimum Gasteiger partial charge on any atom is -0.299 e. The summed E-state index contributed by atoms with van der Waals surface area (Å²) in [5.41, 5.74) is 0. The van der Waals surface area contributed by atoms with Gasteiger partial charge in [-0.2, -0.15) is 0 Å². The Morgan fingerprint density at radius 1 is 0.719 bits per heavy atom. The fourth-order valence-corrected chi connectivity index (χ4v) is 7.50. The Morgan fingerprint density at radius 2 is 1.38 bits per heavy atom. The van der Waals surface area contributed by atoms with Crippen molar-refractivity contribution in [1.82, 2.24) is 0 Å². The minimum absolute atomic E-state index is 0.192. The molecule has 184 valence electrons. The lowest BCUT2D eigenvalue weighted by atomic mass is 9.63. The van der Waals surface area contributed by atoms with Gasteiger partial charge in [0, 0.05) is 12.3 Å². The first-order valence-corrected chi connectivity index (χ1v) is 14.7. The molecule has 0 aromatic carbocycles. The van der Waals surface area contributed by atoms with E-state index < -0.39 is 0 Å². The van der Waals surface area contributed by atoms with E-state index in [1.807, 2.05) is 0 Å². The first-order chi connectivity index (χ1) is 15.6. The molecule has 0 N–H and O–H groups in total. The minimum atomic E-state index is -0.258. The second kappa shape index (κ2) is 13.9. The Kier molecular flexibility index (Phi) is 11.3. The topological polar surface area (TPSA) is 34.1 Å². The third-order valence-corrected chi connectivity index (χ3v) is 9.38. The maximum absolute atomic E-state index is 13.9. The van der Waals surface area contributed by atoms with Crippen LogP contribution in [0.25, 0.3) is 0 Å². The number of hydrogen-bond donors (Lipinski definition) is 0. The molecule has 3 aliphatic rings. The zero-order valence-corrected chi connectivity index (χ0v) is 21.4. The van der Waals surface area contributed by atoms with Crippen molar-refractivity contribution < 1.29 is 9.59 Å². The van der Waals surface area contributed by atoms with Gasteiger partial charge in [0.25, 0.3) is 0 Å². The van der Waals surface area contributed by atoms with Gasteiger partial charge in [-0.3, -0.25) is 9.59 Å². The molecule has 0 saturated heterocycles. The highest BCUT2D eigenvalue weighted by molar-refractivity contribution is 6.04. The third kappa shape index (κ3) is 7.42. The molecule has 3 rings (SSSR count). The van der Waals surface area contributed by atoms with E-state index in [0.29, 0.717) is 35.7 Å². The Morgan fingerprint density at radius 3 is 2.03 bits per heavy atom. The molecule has 3 saturated carbocycles. The molecule has 0 spiro atoms. The summed E-state index contributed by atoms with van der Waals surface area (Å²) < 4.78 is 0. The summed E-state index contributed by atoms with van der Waals surface area (Å²) in [6, 6.07) is 0. The average Bonchev–Trinajstić information content (AvgIpc) is 2.81. The SMILES string of the molecule is CCCCCCCC1CCC(C(C(=O)C2CCC(CCC)CC2=O)C2CCCCC2)CC1. The van der Waals surface area contributed by atoms with Gasteiger partial charge in [-0.25, -0.2) is 0 Å². The quantitative estimate of drug-likeness (QED) is 0.223. The van der Waals surface area contributed by atoms with Gasteiger partial charge < -0.3 is 0 Å². The highest BCUT2D eigenvalue weighted by Crippen LogP contribution is 2.45. The van der Waals surface area contributed by atoms with Crippen LogP contribution in [0.2, 0.25) is 0 Å². The van der Waals surface area contributed by atoms with Crippen LogP contribution in [-0.4, -0.2) is 11.6 Å². The summed E-state index contributed by atoms with van der Waals surface area (Å²) >= 11 is 0. The predicted molar refractivity (Wildman–Crippen MR) is 135 cm³/mol. The number of rotatable bonds is 12. The van der Waals surface area contributed by atoms with Crippen LogP contribution in [0, 0.1) is 35.5 Å². The average molecular weight is 445 g/mol. The van der Waals surface area contributed by atoms with Crippen LogP contribution in [0.1, 0.15) is 142 Å². The molecule has 0 amide bonds. The van der Waals surface area contributed by atoms with Gasteiger partial charge in [0.1, 0.15) is 11.6 Å². The van der Waals surface area contributed by atoms with E-state index in [-0.39, 0.29) is 11.8 Å². The third-order valence-electron chi connectivity index (χ3n) is 9.38. The molecule has 0 bridgehead atoms. The van der Waals surface area contributed by atoms with Crippen LogP contribution >= 0.6 is 0 Å². The fraction of sp³-hybridized carbons (Fsp3) is 0.933. The van der Waals surface area contributed by atoms with Gasteiger partial charge in [-0.15, -0.1) is 0 Å². The number of carbonyl (C=O) groups is 2. The van der Waals surface area contributed by atoms with Gasteiger partial charge in [0.05, 0.1) is 5.92 Å². The molecule has 0 radical (unpaired) electrons. The van der Waals surface area contributed by atoms with Crippen LogP contribution in [-0.2, 0) is 9.59 Å². The lowest BCUT2D eigenvalue weighted by Gasteiger charge is -2.40. The monoisotopic (exact) mass is 444 g/mol. The second-order valence-electron chi connectivity index (χ2n) is 11.8. The molecule has 2 nitrogen and oxygen atoms in total. The Bertz CT molecular complexity index is 553. The smallest absolute Gasteiger partial charge is 0.146 e. The van der Waals surface area contributed by atoms with Crippen LogP contribution < -0.4 is 0 Å². The van der Waals surface area contributed by atoms with Gasteiger partial charge in [0.15, 0.2) is 0 Å². The number of unbranched alkanes of at least 4 members (excludes halogenated alkanes) is 4. The molecule has 0 heterocycles. The fourth-order valence-electron chi connectivity index (χ4n) is 7.50. The summed E-state index contributed by atoms with van der Waals surface area (Å²) in [6.07, 6.45) is 24.7. The molecular weight excluding hydrogens is 392 g/mol. The van der Waals surface area contributed by atoms with Gasteiger partial charge in [-0.1, -0.05) is 97.3 Å². The molecule has 32 heavy (non-hydrogen) atoms. The van der Waals surface area contributed by atoms with Crippen LogP contribution in [0.4, 0.5) is 0 Å². The van der Waals surface area contributed by atoms with E-state index in [9.17, 15) is 9.59 Å². The zero-order valence-electron chi connectivity index (χ0n) is 21.4. The normalized spacial score (nSPS) is 30.9. The van der Waals surface area contributed by atoms with Crippen molar-refractivity contribution in [1.29, 1.82) is 0 Å². The van der Waals surface area contributed by atoms with E-state index in [2.05, 4.69) is 13.8 Å². The maximum Gasteiger partial charge on any atom is 0.146 e. The summed E-state index contributed by atoms with van der Waals surface area (Å²) in [4.78, 5) is 26.9. The van der Waals surface area contributed by atoms with Crippen molar-refractivity contribution in [3.05, 3.63) is 0 Å². The van der Waals surface area contributed by atoms with E-state index >= 15 is 0 Å². The molecule has 2 heteroatoms. The number of ketones is 2. The van der Waals surface area contributed by atoms with E-state index in [0.717, 1.165) is 31.6 Å². The molecule has 3 aliphatic carbocycles. The molecule has 3 atom stereocenters. The lowest BCUT2D eigenvalue weighted by Crippen LogP contribution is -2.42. The summed E-state index contributed by atoms with van der Waals surface area (Å²) in [6.45, 7) is 4.50. The molecule has 3 unspecified atom stereocenters. The van der Waals surface area contributed by atoms with Crippen molar-refractivity contribution in [2.75, 3.05) is 0 Å². The highest BCUT2D eigenvalue weighted by Gasteiger charge is 2.43. The Balaban J connectivity index is 1.57. The van der Waals surface area contributed by atoms with E-state index in [1.54, 1.807) is 0 Å². The zero-order chi connectivity index (χ0) is 22.8. The van der Waals surface area contributed by atoms with Gasteiger partial charge in [0.2, 0.25) is 0 Å². The van der Waals surface area contributed by atoms with Gasteiger partial charge in [-0.05, 0) is 62.2 Å². The Hall–Kier alpha value is -0.660. The number of carbonyl (C=O) groups excluding carboxylic acids is 2. The number of Topliss-reactive ketones (excluding diaryl/α,β-unsaturated/α-hetero) is 2. The first-order valence-electron chi connectivity index (χ1n) is 14.7. The van der Waals surface area contributed by atoms with Crippen LogP contribution in [0.15, 0.2) is 0 Å². The molecule has 0 aromatic rings. The van der Waals surface area contributed by atoms with Gasteiger partial charge >= 0.3 is 0 Å². The summed E-state index contributed by atoms with van der Waals surface area (Å²) in [5.74, 6) is 3.17. The van der Waals surface area contributed by atoms with Crippen molar-refractivity contribution >= 4 is 11.6 Å². The molecule has 3 fully saturated rings. The second-order valence-corrected chi connectivity index (χ2v) is 11.8. The molecular formula is C30H52O2. The van der Waals surface area contributed by atoms with E-state index in [1.165, 1.54) is 96.3 Å². The molecule has 0 aromatic heterocycles. The predicted octanol–water partition coefficient (Wildman–Crippen LogP) is 8.70. The largest absolute Gasteiger partial charge is 0.299 e. The lowest BCUT2D eigenvalue weighted by molar-refractivity contribution is -0.141. The van der Waals surface area contributed by atoms with Crippen molar-refractivity contribution in [2.24, 2.45) is 35.5 Å². The highest BCUT2D eigenvalue weighted by atomic mass is 16.2. The van der Waals surface area contributed by atoms with E-state index in [4.69, 9.17) is 0 Å². The van der Waals surface area contributed by atoms with Crippen molar-refractivity contribution in [3.63, 3.8) is 0 Å². The summed E-state index contributed by atoms with van der Waals surface area (Å²) in [7, 11) is 0. The Labute approximate surface area is 199 Å². The van der Waals surface area contributed by atoms with Crippen molar-refractivity contribution in [2.45, 2.75) is 142 Å².